The molecule has 8 aromatic rings. The fraction of sp³-hybridized carbons (Fsp3) is 0.425. The zero-order chi connectivity index (χ0) is 74.7. The molecule has 1 aliphatic rings. The van der Waals surface area contributed by atoms with Gasteiger partial charge in [0.15, 0.2) is 0 Å². The van der Waals surface area contributed by atoms with E-state index in [2.05, 4.69) is 139 Å². The summed E-state index contributed by atoms with van der Waals surface area (Å²) in [6.07, 6.45) is 7.81. The van der Waals surface area contributed by atoms with E-state index in [1.807, 2.05) is 111 Å². The molecule has 1 heterocycles. The Balaban J connectivity index is -0.000000393. The average molecular weight is 1670 g/mol. The summed E-state index contributed by atoms with van der Waals surface area (Å²) < 4.78 is 22.8. The number of carbonyl (C=O) groups is 1. The van der Waals surface area contributed by atoms with Crippen molar-refractivity contribution in [2.75, 3.05) is 11.9 Å². The van der Waals surface area contributed by atoms with E-state index < -0.39 is 24.4 Å². The van der Waals surface area contributed by atoms with E-state index in [1.54, 1.807) is 0 Å². The molecule has 8 N–H and O–H groups in total. The Hall–Kier alpha value is -3.99. The molecule has 8 aromatic carbocycles. The van der Waals surface area contributed by atoms with E-state index in [9.17, 15) is 40.9 Å². The molecule has 1 saturated heterocycles. The van der Waals surface area contributed by atoms with Crippen molar-refractivity contribution in [3.8, 4) is 40.2 Å². The summed E-state index contributed by atoms with van der Waals surface area (Å²) in [7, 11) is 0. The average Bonchev–Trinajstić information content (AvgIpc) is 1.65. The minimum absolute atomic E-state index is 0. The molecule has 9 rings (SSSR count). The minimum Gasteiger partial charge on any atom is -1.00 e. The van der Waals surface area contributed by atoms with Crippen LogP contribution in [-0.2, 0) is 54.7 Å². The van der Waals surface area contributed by atoms with Crippen molar-refractivity contribution in [1.82, 2.24) is 0 Å². The predicted octanol–water partition coefficient (Wildman–Crippen LogP) is 14.9. The van der Waals surface area contributed by atoms with Crippen LogP contribution in [0.5, 0.6) is 40.2 Å². The Labute approximate surface area is 745 Å². The first-order valence-electron chi connectivity index (χ1n) is 35.3. The molecule has 0 aromatic heterocycles. The van der Waals surface area contributed by atoms with Crippen LogP contribution >= 0.6 is 15.9 Å². The van der Waals surface area contributed by atoms with Gasteiger partial charge in [0.25, 0.3) is 6.47 Å². The maximum Gasteiger partial charge on any atom is 1.00 e. The number of carbonyl (C=O) groups excluding carboxylic acids is 1. The SMILES string of the molecule is C.CCC(C)C.CCC(C)CCC(O)c1cc(C)cc(OCc2ccccc2)c1.CCC(C)CCC(O)c1cc(O)cc(O)c1.CCC(C)CCC(O)c1cc(O)cc(O)c1.Cc1cc(OCc2ccccc2)cc(C(O)CBr)c1.Cc1cc(OCc2ccccc2)cc(C2CO2)c1.O=CO[O-].[CH3-].[H-].[HH].[K+].[K+].[Pd]. The van der Waals surface area contributed by atoms with Gasteiger partial charge in [-0.2, -0.15) is 0 Å². The molecular weight excluding hydrogens is 1550 g/mol. The Morgan fingerprint density at radius 1 is 0.472 bits per heavy atom. The number of phenols is 4. The van der Waals surface area contributed by atoms with Crippen molar-refractivity contribution in [2.45, 2.75) is 205 Å². The number of phenolic OH excluding ortho intramolecular Hbond substituents is 4. The second-order valence-electron chi connectivity index (χ2n) is 26.4. The van der Waals surface area contributed by atoms with E-state index in [0.29, 0.717) is 66.9 Å². The quantitative estimate of drug-likeness (QED) is 0.00413. The molecule has 0 aliphatic carbocycles. The van der Waals surface area contributed by atoms with Gasteiger partial charge in [0.2, 0.25) is 0 Å². The van der Waals surface area contributed by atoms with Crippen molar-refractivity contribution < 1.29 is 201 Å². The number of rotatable bonds is 29. The second-order valence-corrected chi connectivity index (χ2v) is 27.1. The van der Waals surface area contributed by atoms with Crippen molar-refractivity contribution in [2.24, 2.45) is 23.7 Å². The monoisotopic (exact) mass is 1670 g/mol. The van der Waals surface area contributed by atoms with Crippen LogP contribution in [0.1, 0.15) is 229 Å². The number of epoxide rings is 1. The zero-order valence-corrected chi connectivity index (χ0v) is 74.2. The molecule has 0 bridgehead atoms. The number of aromatic hydroxyl groups is 4. The van der Waals surface area contributed by atoms with Crippen LogP contribution in [0.2, 0.25) is 0 Å². The summed E-state index contributed by atoms with van der Waals surface area (Å²) in [6, 6.07) is 57.0. The molecule has 0 amide bonds. The molecule has 8 unspecified atom stereocenters. The van der Waals surface area contributed by atoms with Gasteiger partial charge < -0.3 is 78.8 Å². The van der Waals surface area contributed by atoms with E-state index >= 15 is 0 Å². The number of aryl methyl sites for hydroxylation is 3. The predicted molar refractivity (Wildman–Crippen MR) is 422 cm³/mol. The van der Waals surface area contributed by atoms with Crippen molar-refractivity contribution in [3.63, 3.8) is 0 Å². The van der Waals surface area contributed by atoms with Crippen molar-refractivity contribution >= 4 is 22.4 Å². The van der Waals surface area contributed by atoms with Gasteiger partial charge in [-0.25, -0.2) is 0 Å². The van der Waals surface area contributed by atoms with Gasteiger partial charge in [-0.3, -0.25) is 4.79 Å². The third-order valence-corrected chi connectivity index (χ3v) is 17.6. The van der Waals surface area contributed by atoms with Gasteiger partial charge in [0, 0.05) is 39.3 Å². The van der Waals surface area contributed by atoms with Gasteiger partial charge in [-0.15, -0.1) is 0 Å². The molecular formula is C87H124BrK2O15Pd-. The van der Waals surface area contributed by atoms with Crippen LogP contribution < -0.4 is 122 Å². The van der Waals surface area contributed by atoms with Crippen molar-refractivity contribution in [3.05, 3.63) is 251 Å². The van der Waals surface area contributed by atoms with E-state index in [-0.39, 0.29) is 176 Å². The fourth-order valence-corrected chi connectivity index (χ4v) is 10.1. The summed E-state index contributed by atoms with van der Waals surface area (Å²) in [5, 5.41) is 86.2. The smallest absolute Gasteiger partial charge is 1.00 e. The summed E-state index contributed by atoms with van der Waals surface area (Å²) in [6.45, 7) is 28.1. The third kappa shape index (κ3) is 47.3. The van der Waals surface area contributed by atoms with Gasteiger partial charge in [-0.1, -0.05) is 221 Å². The Morgan fingerprint density at radius 2 is 0.745 bits per heavy atom. The van der Waals surface area contributed by atoms with Crippen LogP contribution in [-0.4, -0.2) is 59.3 Å². The number of aliphatic hydroxyl groups excluding tert-OH is 4. The van der Waals surface area contributed by atoms with Crippen LogP contribution in [0.4, 0.5) is 0 Å². The summed E-state index contributed by atoms with van der Waals surface area (Å²) in [4.78, 5) is 11.2. The number of benzene rings is 8. The number of halogens is 1. The molecule has 1 aliphatic heterocycles. The summed E-state index contributed by atoms with van der Waals surface area (Å²) in [5.74, 6) is 5.18. The number of ether oxygens (including phenoxy) is 4. The number of hydrogen-bond donors (Lipinski definition) is 8. The molecule has 106 heavy (non-hydrogen) atoms. The number of alkyl halides is 1. The standard InChI is InChI=1S/C21H28O2.C16H17BrO2.C16H16O2.2C13H20O3.C5H12.CH2O3.CH4.CH3.2K.Pd.H2.H/c1-4-16(2)10-11-21(22)19-12-17(3)13-20(14-19)23-15-18-8-6-5-7-9-18;1-12-7-14(16(18)10-17)9-15(8-12)19-11-13-5-3-2-4-6-13;1-12-7-14(16-11-18-16)9-15(8-12)17-10-13-5-3-2-4-6-13;2*1-3-9(2)4-5-13(16)10-6-11(14)8-12(15)7-10;1-4-5(2)3;2-1-4-3;;;;;;;/h5-9,12-14,16,21-22H,4,10-11,15H2,1-3H3;2-9,16,18H,10-11H2,1H3;2-9,16H,10-11H2,1H3;2*6-9,13-16H,3-5H2,1-2H3;5H,4H2,1-3H3;1,3H;1H4;1H3;;;;1H;/q;;;;;;;;-1;2*+1;;;-1/p-1. The van der Waals surface area contributed by atoms with E-state index in [4.69, 9.17) is 29.0 Å². The van der Waals surface area contributed by atoms with E-state index in [0.717, 1.165) is 108 Å². The van der Waals surface area contributed by atoms with E-state index in [1.165, 1.54) is 59.5 Å². The van der Waals surface area contributed by atoms with Gasteiger partial charge in [0.05, 0.1) is 31.0 Å². The van der Waals surface area contributed by atoms with Crippen molar-refractivity contribution in [1.29, 1.82) is 0 Å². The first-order valence-corrected chi connectivity index (χ1v) is 36.5. The minimum atomic E-state index is -0.619. The zero-order valence-electron chi connectivity index (χ0n) is 65.8. The third-order valence-electron chi connectivity index (χ3n) is 16.9. The molecule has 582 valence electrons. The Bertz CT molecular complexity index is 3420. The maximum absolute atomic E-state index is 10.4. The van der Waals surface area contributed by atoms with Gasteiger partial charge in [-0.05, 0) is 205 Å². The first kappa shape index (κ1) is 106. The maximum atomic E-state index is 10.4. The van der Waals surface area contributed by atoms with Crippen LogP contribution in [0.15, 0.2) is 182 Å². The Morgan fingerprint density at radius 3 is 1.01 bits per heavy atom. The summed E-state index contributed by atoms with van der Waals surface area (Å²) >= 11 is 3.29. The molecule has 1 fully saturated rings. The number of hydrogen-bond acceptors (Lipinski definition) is 15. The number of aliphatic hydroxyl groups is 4. The Kier molecular flexibility index (Phi) is 61.7. The first-order chi connectivity index (χ1) is 48.3. The van der Waals surface area contributed by atoms with Gasteiger partial charge >= 0.3 is 103 Å². The molecule has 0 spiro atoms. The molecule has 0 radical (unpaired) electrons. The fourth-order valence-electron chi connectivity index (χ4n) is 9.76. The van der Waals surface area contributed by atoms with Crippen LogP contribution in [0.3, 0.4) is 0 Å². The molecule has 19 heteroatoms. The van der Waals surface area contributed by atoms with Gasteiger partial charge in [0.1, 0.15) is 66.2 Å². The van der Waals surface area contributed by atoms with Crippen LogP contribution in [0, 0.1) is 51.9 Å². The molecule has 8 atom stereocenters. The largest absolute Gasteiger partial charge is 1.00 e. The molecule has 0 saturated carbocycles. The molecule has 15 nitrogen and oxygen atoms in total. The normalized spacial score (nSPS) is 13.2. The topological polar surface area (TPSA) is 251 Å². The van der Waals surface area contributed by atoms with Crippen LogP contribution in [0.25, 0.3) is 0 Å². The summed E-state index contributed by atoms with van der Waals surface area (Å²) in [5.41, 5.74) is 11.1. The second kappa shape index (κ2) is 61.6.